The van der Waals surface area contributed by atoms with Crippen molar-refractivity contribution in [2.45, 2.75) is 6.10 Å². The van der Waals surface area contributed by atoms with Crippen LogP contribution in [0.5, 0.6) is 0 Å². The van der Waals surface area contributed by atoms with Crippen LogP contribution in [0, 0.1) is 11.3 Å². The summed E-state index contributed by atoms with van der Waals surface area (Å²) in [5.74, 6) is 0. The van der Waals surface area contributed by atoms with E-state index in [9.17, 15) is 8.42 Å². The normalized spacial score (nSPS) is 26.5. The summed E-state index contributed by atoms with van der Waals surface area (Å²) in [5.41, 5.74) is 0. The number of morpholine rings is 1. The van der Waals surface area contributed by atoms with E-state index in [1.54, 1.807) is 0 Å². The molecule has 2 N–H and O–H groups in total. The van der Waals surface area contributed by atoms with E-state index in [1.165, 1.54) is 0 Å². The first-order chi connectivity index (χ1) is 5.54. The highest BCUT2D eigenvalue weighted by Crippen LogP contribution is 2.05. The molecular weight excluding hydrogens is 182 g/mol. The molecule has 0 spiro atoms. The molecule has 1 saturated heterocycles. The van der Waals surface area contributed by atoms with Gasteiger partial charge in [0.25, 0.3) is 10.2 Å². The maximum Gasteiger partial charge on any atom is 0.277 e. The van der Waals surface area contributed by atoms with Gasteiger partial charge >= 0.3 is 0 Å². The molecule has 0 radical (unpaired) electrons. The van der Waals surface area contributed by atoms with Crippen molar-refractivity contribution in [3.8, 4) is 6.07 Å². The molecule has 0 aromatic carbocycles. The first-order valence-electron chi connectivity index (χ1n) is 3.33. The van der Waals surface area contributed by atoms with Gasteiger partial charge in [-0.25, -0.2) is 5.14 Å². The third-order valence-electron chi connectivity index (χ3n) is 1.53. The molecule has 6 nitrogen and oxygen atoms in total. The minimum Gasteiger partial charge on any atom is -0.361 e. The number of nitrogens with zero attached hydrogens (tertiary/aromatic N) is 2. The predicted molar refractivity (Wildman–Crippen MR) is 40.0 cm³/mol. The Bertz CT molecular complexity index is 294. The predicted octanol–water partition coefficient (Wildman–Crippen LogP) is -1.59. The van der Waals surface area contributed by atoms with Crippen molar-refractivity contribution >= 4 is 10.2 Å². The van der Waals surface area contributed by atoms with Crippen molar-refractivity contribution in [2.75, 3.05) is 19.7 Å². The summed E-state index contributed by atoms with van der Waals surface area (Å²) in [7, 11) is -3.67. The molecule has 1 atom stereocenters. The third kappa shape index (κ3) is 2.15. The van der Waals surface area contributed by atoms with Gasteiger partial charge in [-0.3, -0.25) is 0 Å². The summed E-state index contributed by atoms with van der Waals surface area (Å²) in [6.07, 6.45) is -0.697. The van der Waals surface area contributed by atoms with Crippen LogP contribution >= 0.6 is 0 Å². The van der Waals surface area contributed by atoms with Gasteiger partial charge in [0.2, 0.25) is 0 Å². The van der Waals surface area contributed by atoms with Crippen molar-refractivity contribution in [1.29, 1.82) is 5.26 Å². The lowest BCUT2D eigenvalue weighted by Crippen LogP contribution is -2.47. The quantitative estimate of drug-likeness (QED) is 0.540. The average Bonchev–Trinajstić information content (AvgIpc) is 2.03. The average molecular weight is 191 g/mol. The summed E-state index contributed by atoms with van der Waals surface area (Å²) >= 11 is 0. The van der Waals surface area contributed by atoms with Gasteiger partial charge in [-0.1, -0.05) is 0 Å². The van der Waals surface area contributed by atoms with Gasteiger partial charge in [-0.05, 0) is 0 Å². The molecule has 0 amide bonds. The number of ether oxygens (including phenoxy) is 1. The molecule has 68 valence electrons. The van der Waals surface area contributed by atoms with Crippen LogP contribution in [0.2, 0.25) is 0 Å². The SMILES string of the molecule is N#CC1CN(S(N)(=O)=O)CCO1. The molecule has 1 unspecified atom stereocenters. The zero-order valence-corrected chi connectivity index (χ0v) is 7.12. The minimum absolute atomic E-state index is 0.0231. The Balaban J connectivity index is 2.66. The molecule has 12 heavy (non-hydrogen) atoms. The van der Waals surface area contributed by atoms with Gasteiger partial charge in [0, 0.05) is 6.54 Å². The van der Waals surface area contributed by atoms with Gasteiger partial charge < -0.3 is 4.74 Å². The molecule has 0 aromatic heterocycles. The van der Waals surface area contributed by atoms with Crippen LogP contribution in [0.15, 0.2) is 0 Å². The number of hydrogen-bond donors (Lipinski definition) is 1. The monoisotopic (exact) mass is 191 g/mol. The largest absolute Gasteiger partial charge is 0.361 e. The molecule has 0 saturated carbocycles. The summed E-state index contributed by atoms with van der Waals surface area (Å²) in [4.78, 5) is 0. The first-order valence-corrected chi connectivity index (χ1v) is 4.83. The van der Waals surface area contributed by atoms with E-state index >= 15 is 0 Å². The van der Waals surface area contributed by atoms with Crippen LogP contribution in [0.1, 0.15) is 0 Å². The molecule has 1 fully saturated rings. The molecule has 1 aliphatic heterocycles. The van der Waals surface area contributed by atoms with Gasteiger partial charge in [-0.15, -0.1) is 0 Å². The number of rotatable bonds is 1. The molecule has 0 aromatic rings. The van der Waals surface area contributed by atoms with Crippen LogP contribution in [0.4, 0.5) is 0 Å². The van der Waals surface area contributed by atoms with Gasteiger partial charge in [0.1, 0.15) is 0 Å². The standard InChI is InChI=1S/C5H9N3O3S/c6-3-5-4-8(1-2-11-5)12(7,9)10/h5H,1-2,4H2,(H2,7,9,10). The van der Waals surface area contributed by atoms with E-state index in [-0.39, 0.29) is 19.7 Å². The maximum atomic E-state index is 10.8. The molecule has 1 heterocycles. The Labute approximate surface area is 70.7 Å². The lowest BCUT2D eigenvalue weighted by Gasteiger charge is -2.26. The van der Waals surface area contributed by atoms with E-state index in [2.05, 4.69) is 0 Å². The van der Waals surface area contributed by atoms with Crippen molar-refractivity contribution in [1.82, 2.24) is 4.31 Å². The smallest absolute Gasteiger partial charge is 0.277 e. The molecule has 1 rings (SSSR count). The Morgan fingerprint density at radius 3 is 2.83 bits per heavy atom. The van der Waals surface area contributed by atoms with E-state index in [1.807, 2.05) is 6.07 Å². The molecule has 0 aliphatic carbocycles. The second-order valence-electron chi connectivity index (χ2n) is 2.39. The topological polar surface area (TPSA) is 96.4 Å². The lowest BCUT2D eigenvalue weighted by molar-refractivity contribution is 0.0311. The molecular formula is C5H9N3O3S. The van der Waals surface area contributed by atoms with Crippen molar-refractivity contribution in [3.63, 3.8) is 0 Å². The van der Waals surface area contributed by atoms with Crippen LogP contribution in [-0.2, 0) is 14.9 Å². The van der Waals surface area contributed by atoms with Gasteiger partial charge in [-0.2, -0.15) is 18.0 Å². The fraction of sp³-hybridized carbons (Fsp3) is 0.800. The van der Waals surface area contributed by atoms with E-state index in [0.717, 1.165) is 4.31 Å². The van der Waals surface area contributed by atoms with E-state index in [0.29, 0.717) is 0 Å². The Morgan fingerprint density at radius 2 is 2.33 bits per heavy atom. The molecule has 7 heteroatoms. The summed E-state index contributed by atoms with van der Waals surface area (Å²) < 4.78 is 27.5. The fourth-order valence-electron chi connectivity index (χ4n) is 0.935. The molecule has 0 bridgehead atoms. The lowest BCUT2D eigenvalue weighted by atomic mass is 10.3. The number of nitriles is 1. The summed E-state index contributed by atoms with van der Waals surface area (Å²) in [6.45, 7) is 0.459. The Kier molecular flexibility index (Phi) is 2.64. The first kappa shape index (κ1) is 9.41. The highest BCUT2D eigenvalue weighted by Gasteiger charge is 2.26. The fourth-order valence-corrected chi connectivity index (χ4v) is 1.61. The third-order valence-corrected chi connectivity index (χ3v) is 2.58. The number of nitrogens with two attached hydrogens (primary N) is 1. The van der Waals surface area contributed by atoms with Crippen LogP contribution in [0.25, 0.3) is 0 Å². The van der Waals surface area contributed by atoms with Crippen LogP contribution in [0.3, 0.4) is 0 Å². The number of hydrogen-bond acceptors (Lipinski definition) is 4. The maximum absolute atomic E-state index is 10.8. The van der Waals surface area contributed by atoms with Gasteiger partial charge in [0.05, 0.1) is 19.2 Å². The van der Waals surface area contributed by atoms with Crippen LogP contribution < -0.4 is 5.14 Å². The highest BCUT2D eigenvalue weighted by atomic mass is 32.2. The summed E-state index contributed by atoms with van der Waals surface area (Å²) in [6, 6.07) is 1.82. The second-order valence-corrected chi connectivity index (χ2v) is 3.94. The summed E-state index contributed by atoms with van der Waals surface area (Å²) in [5, 5.41) is 13.3. The highest BCUT2D eigenvalue weighted by molar-refractivity contribution is 7.86. The molecule has 1 aliphatic rings. The van der Waals surface area contributed by atoms with Crippen molar-refractivity contribution < 1.29 is 13.2 Å². The van der Waals surface area contributed by atoms with E-state index < -0.39 is 16.3 Å². The second kappa shape index (κ2) is 3.37. The Morgan fingerprint density at radius 1 is 1.67 bits per heavy atom. The Hall–Kier alpha value is -0.680. The minimum atomic E-state index is -3.67. The zero-order chi connectivity index (χ0) is 9.19. The van der Waals surface area contributed by atoms with E-state index in [4.69, 9.17) is 15.1 Å². The zero-order valence-electron chi connectivity index (χ0n) is 6.30. The van der Waals surface area contributed by atoms with Gasteiger partial charge in [0.15, 0.2) is 6.10 Å². The van der Waals surface area contributed by atoms with Crippen molar-refractivity contribution in [3.05, 3.63) is 0 Å². The van der Waals surface area contributed by atoms with Crippen molar-refractivity contribution in [2.24, 2.45) is 5.14 Å². The van der Waals surface area contributed by atoms with Crippen LogP contribution in [-0.4, -0.2) is 38.5 Å².